The van der Waals surface area contributed by atoms with E-state index in [0.29, 0.717) is 12.1 Å². The van der Waals surface area contributed by atoms with Crippen LogP contribution in [0.15, 0.2) is 0 Å². The Balaban J connectivity index is 2.07. The van der Waals surface area contributed by atoms with E-state index in [9.17, 15) is 0 Å². The van der Waals surface area contributed by atoms with Crippen LogP contribution in [0.2, 0.25) is 0 Å². The largest absolute Gasteiger partial charge is 0.374 e. The van der Waals surface area contributed by atoms with Gasteiger partial charge in [0.25, 0.3) is 0 Å². The fraction of sp³-hybridized carbons (Fsp3) is 1.00. The van der Waals surface area contributed by atoms with Crippen LogP contribution in [0.4, 0.5) is 0 Å². The van der Waals surface area contributed by atoms with Crippen molar-refractivity contribution < 1.29 is 4.74 Å². The third-order valence-corrected chi connectivity index (χ3v) is 3.75. The molecule has 0 radical (unpaired) electrons. The van der Waals surface area contributed by atoms with Gasteiger partial charge in [-0.2, -0.15) is 11.8 Å². The Morgan fingerprint density at radius 3 is 3.07 bits per heavy atom. The van der Waals surface area contributed by atoms with Gasteiger partial charge in [0.2, 0.25) is 0 Å². The maximum atomic E-state index is 5.69. The van der Waals surface area contributed by atoms with Gasteiger partial charge in [-0.3, -0.25) is 0 Å². The first kappa shape index (κ1) is 13.3. The van der Waals surface area contributed by atoms with Crippen LogP contribution < -0.4 is 5.32 Å². The summed E-state index contributed by atoms with van der Waals surface area (Å²) in [6.45, 7) is 8.43. The van der Waals surface area contributed by atoms with Crippen LogP contribution >= 0.6 is 11.8 Å². The maximum absolute atomic E-state index is 5.69. The highest BCUT2D eigenvalue weighted by molar-refractivity contribution is 7.99. The van der Waals surface area contributed by atoms with Crippen LogP contribution in [0, 0.1) is 0 Å². The first-order valence-corrected chi connectivity index (χ1v) is 6.99. The van der Waals surface area contributed by atoms with Gasteiger partial charge in [0.1, 0.15) is 0 Å². The standard InChI is InChI=1S/C11H24N2OS/c1-4-15-9-10(2)12-7-11-8-13(3)5-6-14-11/h10-12H,4-9H2,1-3H3. The Bertz CT molecular complexity index is 169. The van der Waals surface area contributed by atoms with E-state index in [1.165, 1.54) is 11.5 Å². The molecule has 2 atom stereocenters. The number of nitrogens with zero attached hydrogens (tertiary/aromatic N) is 1. The lowest BCUT2D eigenvalue weighted by molar-refractivity contribution is -0.0188. The normalized spacial score (nSPS) is 25.4. The third-order valence-electron chi connectivity index (χ3n) is 2.61. The van der Waals surface area contributed by atoms with E-state index in [1.807, 2.05) is 11.8 Å². The molecule has 1 N–H and O–H groups in total. The van der Waals surface area contributed by atoms with Crippen molar-refractivity contribution in [2.75, 3.05) is 44.8 Å². The number of morpholine rings is 1. The second-order valence-corrected chi connectivity index (χ2v) is 5.54. The van der Waals surface area contributed by atoms with Crippen LogP contribution in [0.5, 0.6) is 0 Å². The smallest absolute Gasteiger partial charge is 0.0826 e. The van der Waals surface area contributed by atoms with Gasteiger partial charge in [-0.1, -0.05) is 6.92 Å². The fourth-order valence-corrected chi connectivity index (χ4v) is 2.38. The first-order valence-electron chi connectivity index (χ1n) is 5.83. The summed E-state index contributed by atoms with van der Waals surface area (Å²) in [6, 6.07) is 0.589. The van der Waals surface area contributed by atoms with Gasteiger partial charge in [-0.25, -0.2) is 0 Å². The summed E-state index contributed by atoms with van der Waals surface area (Å²) in [5.74, 6) is 2.40. The molecule has 0 spiro atoms. The summed E-state index contributed by atoms with van der Waals surface area (Å²) in [6.07, 6.45) is 0.373. The zero-order valence-electron chi connectivity index (χ0n) is 10.2. The summed E-state index contributed by atoms with van der Waals surface area (Å²) < 4.78 is 5.69. The van der Waals surface area contributed by atoms with E-state index in [4.69, 9.17) is 4.74 Å². The molecule has 4 heteroatoms. The summed E-state index contributed by atoms with van der Waals surface area (Å²) >= 11 is 1.99. The van der Waals surface area contributed by atoms with Gasteiger partial charge in [-0.05, 0) is 19.7 Å². The minimum absolute atomic E-state index is 0.373. The topological polar surface area (TPSA) is 24.5 Å². The third kappa shape index (κ3) is 5.76. The molecule has 90 valence electrons. The molecule has 1 aliphatic heterocycles. The SMILES string of the molecule is CCSCC(C)NCC1CN(C)CCO1. The van der Waals surface area contributed by atoms with Gasteiger partial charge in [-0.15, -0.1) is 0 Å². The van der Waals surface area contributed by atoms with Crippen molar-refractivity contribution in [1.29, 1.82) is 0 Å². The highest BCUT2D eigenvalue weighted by atomic mass is 32.2. The molecular weight excluding hydrogens is 208 g/mol. The first-order chi connectivity index (χ1) is 7.22. The molecule has 3 nitrogen and oxygen atoms in total. The average Bonchev–Trinajstić information content (AvgIpc) is 2.23. The minimum atomic E-state index is 0.373. The summed E-state index contributed by atoms with van der Waals surface area (Å²) in [4.78, 5) is 2.33. The van der Waals surface area contributed by atoms with Gasteiger partial charge in [0.15, 0.2) is 0 Å². The molecule has 1 fully saturated rings. The van der Waals surface area contributed by atoms with Crippen LogP contribution in [0.3, 0.4) is 0 Å². The van der Waals surface area contributed by atoms with Crippen molar-refractivity contribution in [3.63, 3.8) is 0 Å². The van der Waals surface area contributed by atoms with Crippen molar-refractivity contribution in [2.24, 2.45) is 0 Å². The highest BCUT2D eigenvalue weighted by Crippen LogP contribution is 2.04. The molecule has 0 aromatic heterocycles. The van der Waals surface area contributed by atoms with E-state index >= 15 is 0 Å². The number of thioether (sulfide) groups is 1. The predicted octanol–water partition coefficient (Wildman–Crippen LogP) is 1.05. The summed E-state index contributed by atoms with van der Waals surface area (Å²) in [7, 11) is 2.16. The van der Waals surface area contributed by atoms with Gasteiger partial charge in [0, 0.05) is 31.4 Å². The zero-order chi connectivity index (χ0) is 11.1. The molecule has 2 unspecified atom stereocenters. The van der Waals surface area contributed by atoms with Crippen LogP contribution in [0.25, 0.3) is 0 Å². The summed E-state index contributed by atoms with van der Waals surface area (Å²) in [5.41, 5.74) is 0. The Hall–Kier alpha value is 0.230. The molecule has 1 aliphatic rings. The molecule has 15 heavy (non-hydrogen) atoms. The van der Waals surface area contributed by atoms with Crippen molar-refractivity contribution in [3.05, 3.63) is 0 Å². The van der Waals surface area contributed by atoms with Gasteiger partial charge >= 0.3 is 0 Å². The lowest BCUT2D eigenvalue weighted by Gasteiger charge is -2.31. The number of hydrogen-bond donors (Lipinski definition) is 1. The lowest BCUT2D eigenvalue weighted by atomic mass is 10.2. The van der Waals surface area contributed by atoms with Crippen molar-refractivity contribution in [1.82, 2.24) is 10.2 Å². The Morgan fingerprint density at radius 1 is 1.60 bits per heavy atom. The average molecular weight is 232 g/mol. The van der Waals surface area contributed by atoms with E-state index in [2.05, 4.69) is 31.1 Å². The van der Waals surface area contributed by atoms with Crippen molar-refractivity contribution >= 4 is 11.8 Å². The second kappa shape index (κ2) is 7.49. The zero-order valence-corrected chi connectivity index (χ0v) is 11.0. The number of likely N-dealkylation sites (N-methyl/N-ethyl adjacent to an activating group) is 1. The summed E-state index contributed by atoms with van der Waals surface area (Å²) in [5, 5.41) is 3.54. The molecule has 1 heterocycles. The van der Waals surface area contributed by atoms with Crippen molar-refractivity contribution in [2.45, 2.75) is 26.0 Å². The quantitative estimate of drug-likeness (QED) is 0.740. The molecule has 0 aromatic carbocycles. The second-order valence-electron chi connectivity index (χ2n) is 4.22. The molecule has 1 rings (SSSR count). The maximum Gasteiger partial charge on any atom is 0.0826 e. The van der Waals surface area contributed by atoms with Gasteiger partial charge in [0.05, 0.1) is 12.7 Å². The minimum Gasteiger partial charge on any atom is -0.374 e. The van der Waals surface area contributed by atoms with E-state index < -0.39 is 0 Å². The molecule has 0 bridgehead atoms. The predicted molar refractivity (Wildman–Crippen MR) is 67.7 cm³/mol. The molecule has 0 aromatic rings. The van der Waals surface area contributed by atoms with E-state index in [-0.39, 0.29) is 0 Å². The number of ether oxygens (including phenoxy) is 1. The number of hydrogen-bond acceptors (Lipinski definition) is 4. The van der Waals surface area contributed by atoms with Gasteiger partial charge < -0.3 is 15.0 Å². The molecule has 1 saturated heterocycles. The van der Waals surface area contributed by atoms with Crippen LogP contribution in [-0.4, -0.2) is 61.8 Å². The van der Waals surface area contributed by atoms with Crippen molar-refractivity contribution in [3.8, 4) is 0 Å². The molecular formula is C11H24N2OS. The Kier molecular flexibility index (Phi) is 6.64. The Morgan fingerprint density at radius 2 is 2.40 bits per heavy atom. The molecule has 0 saturated carbocycles. The number of nitrogens with one attached hydrogen (secondary N) is 1. The van der Waals surface area contributed by atoms with Crippen LogP contribution in [-0.2, 0) is 4.74 Å². The fourth-order valence-electron chi connectivity index (χ4n) is 1.68. The van der Waals surface area contributed by atoms with E-state index in [0.717, 1.165) is 26.2 Å². The monoisotopic (exact) mass is 232 g/mol. The van der Waals surface area contributed by atoms with E-state index in [1.54, 1.807) is 0 Å². The highest BCUT2D eigenvalue weighted by Gasteiger charge is 2.17. The molecule has 0 aliphatic carbocycles. The van der Waals surface area contributed by atoms with Crippen LogP contribution in [0.1, 0.15) is 13.8 Å². The lowest BCUT2D eigenvalue weighted by Crippen LogP contribution is -2.46. The number of rotatable bonds is 6. The Labute approximate surface area is 97.9 Å². The molecule has 0 amide bonds.